The third-order valence-corrected chi connectivity index (χ3v) is 3.68. The Hall–Kier alpha value is -1.49. The number of amides is 1. The summed E-state index contributed by atoms with van der Waals surface area (Å²) in [5.41, 5.74) is 7.15. The number of carbonyl (C=O) groups excluding carboxylic acids is 1. The third kappa shape index (κ3) is 2.85. The highest BCUT2D eigenvalue weighted by Gasteiger charge is 2.42. The molecule has 0 aromatic carbocycles. The van der Waals surface area contributed by atoms with Gasteiger partial charge in [0.05, 0.1) is 5.69 Å². The van der Waals surface area contributed by atoms with Gasteiger partial charge in [0.25, 0.3) is 5.91 Å². The Morgan fingerprint density at radius 2 is 2.33 bits per heavy atom. The van der Waals surface area contributed by atoms with Crippen LogP contribution in [0.15, 0.2) is 12.3 Å². The number of nitrogens with one attached hydrogen (secondary N) is 1. The maximum Gasteiger partial charge on any atom is 0.267 e. The molecule has 1 aromatic rings. The summed E-state index contributed by atoms with van der Waals surface area (Å²) in [6.45, 7) is 1.48. The quantitative estimate of drug-likeness (QED) is 0.797. The van der Waals surface area contributed by atoms with Gasteiger partial charge in [-0.1, -0.05) is 0 Å². The molecule has 100 valence electrons. The molecule has 0 aliphatic heterocycles. The fourth-order valence-electron chi connectivity index (χ4n) is 2.18. The minimum atomic E-state index is -0.0575. The zero-order valence-corrected chi connectivity index (χ0v) is 11.0. The molecule has 1 aliphatic rings. The summed E-state index contributed by atoms with van der Waals surface area (Å²) in [5, 5.41) is 2.99. The van der Waals surface area contributed by atoms with E-state index in [2.05, 4.69) is 5.32 Å². The van der Waals surface area contributed by atoms with E-state index in [-0.39, 0.29) is 11.3 Å². The van der Waals surface area contributed by atoms with Crippen molar-refractivity contribution in [2.45, 2.75) is 19.3 Å². The van der Waals surface area contributed by atoms with Crippen molar-refractivity contribution in [3.8, 4) is 0 Å². The van der Waals surface area contributed by atoms with Crippen LogP contribution >= 0.6 is 0 Å². The van der Waals surface area contributed by atoms with Crippen LogP contribution in [-0.4, -0.2) is 30.7 Å². The fourth-order valence-corrected chi connectivity index (χ4v) is 2.18. The lowest BCUT2D eigenvalue weighted by Gasteiger charge is -2.15. The van der Waals surface area contributed by atoms with Gasteiger partial charge in [-0.25, -0.2) is 0 Å². The minimum Gasteiger partial charge on any atom is -0.397 e. The summed E-state index contributed by atoms with van der Waals surface area (Å²) in [7, 11) is 3.53. The van der Waals surface area contributed by atoms with Gasteiger partial charge in [-0.05, 0) is 30.7 Å². The van der Waals surface area contributed by atoms with Crippen LogP contribution in [0, 0.1) is 5.41 Å². The number of aryl methyl sites for hydroxylation is 1. The summed E-state index contributed by atoms with van der Waals surface area (Å²) in [6.07, 6.45) is 5.10. The second-order valence-corrected chi connectivity index (χ2v) is 5.20. The number of nitrogens with two attached hydrogens (primary N) is 1. The molecule has 0 spiro atoms. The van der Waals surface area contributed by atoms with Crippen LogP contribution in [-0.2, 0) is 11.8 Å². The Kier molecular flexibility index (Phi) is 3.61. The molecule has 1 saturated carbocycles. The van der Waals surface area contributed by atoms with E-state index in [0.717, 1.165) is 19.6 Å². The highest BCUT2D eigenvalue weighted by molar-refractivity contribution is 5.93. The van der Waals surface area contributed by atoms with Crippen molar-refractivity contribution in [2.24, 2.45) is 12.5 Å². The Labute approximate surface area is 107 Å². The first kappa shape index (κ1) is 13.0. The molecular weight excluding hydrogens is 230 g/mol. The largest absolute Gasteiger partial charge is 0.397 e. The molecule has 1 aliphatic carbocycles. The Bertz CT molecular complexity index is 435. The zero-order valence-electron chi connectivity index (χ0n) is 11.0. The van der Waals surface area contributed by atoms with E-state index in [9.17, 15) is 4.79 Å². The predicted octanol–water partition coefficient (Wildman–Crippen LogP) is 1.15. The molecule has 1 heterocycles. The van der Waals surface area contributed by atoms with Gasteiger partial charge >= 0.3 is 0 Å². The van der Waals surface area contributed by atoms with Crippen LogP contribution < -0.4 is 11.1 Å². The number of ether oxygens (including phenoxy) is 1. The molecule has 3 N–H and O–H groups in total. The third-order valence-electron chi connectivity index (χ3n) is 3.68. The molecule has 1 aromatic heterocycles. The summed E-state index contributed by atoms with van der Waals surface area (Å²) >= 11 is 0. The van der Waals surface area contributed by atoms with Crippen molar-refractivity contribution in [1.82, 2.24) is 9.88 Å². The second kappa shape index (κ2) is 5.02. The molecule has 1 fully saturated rings. The van der Waals surface area contributed by atoms with Crippen LogP contribution in [0.3, 0.4) is 0 Å². The number of rotatable bonds is 6. The van der Waals surface area contributed by atoms with Crippen molar-refractivity contribution >= 4 is 11.6 Å². The highest BCUT2D eigenvalue weighted by Crippen LogP contribution is 2.48. The van der Waals surface area contributed by atoms with Crippen molar-refractivity contribution in [3.63, 3.8) is 0 Å². The van der Waals surface area contributed by atoms with Crippen molar-refractivity contribution < 1.29 is 9.53 Å². The van der Waals surface area contributed by atoms with E-state index in [1.165, 1.54) is 12.8 Å². The Balaban J connectivity index is 1.87. The van der Waals surface area contributed by atoms with Gasteiger partial charge in [0.15, 0.2) is 0 Å². The van der Waals surface area contributed by atoms with Gasteiger partial charge in [0.2, 0.25) is 0 Å². The van der Waals surface area contributed by atoms with Crippen LogP contribution in [0.2, 0.25) is 0 Å². The topological polar surface area (TPSA) is 69.3 Å². The van der Waals surface area contributed by atoms with Gasteiger partial charge in [-0.2, -0.15) is 0 Å². The van der Waals surface area contributed by atoms with E-state index >= 15 is 0 Å². The monoisotopic (exact) mass is 251 g/mol. The van der Waals surface area contributed by atoms with Gasteiger partial charge in [-0.15, -0.1) is 0 Å². The van der Waals surface area contributed by atoms with E-state index in [1.807, 2.05) is 7.05 Å². The number of hydrogen-bond acceptors (Lipinski definition) is 3. The van der Waals surface area contributed by atoms with Crippen LogP contribution in [0.5, 0.6) is 0 Å². The normalized spacial score (nSPS) is 16.6. The molecule has 0 atom stereocenters. The first-order valence-corrected chi connectivity index (χ1v) is 6.25. The molecule has 0 unspecified atom stereocenters. The number of hydrogen-bond donors (Lipinski definition) is 2. The highest BCUT2D eigenvalue weighted by atomic mass is 16.5. The zero-order chi connectivity index (χ0) is 13.2. The van der Waals surface area contributed by atoms with E-state index < -0.39 is 0 Å². The second-order valence-electron chi connectivity index (χ2n) is 5.20. The van der Waals surface area contributed by atoms with Gasteiger partial charge in [0.1, 0.15) is 5.69 Å². The van der Waals surface area contributed by atoms with Crippen LogP contribution in [0.1, 0.15) is 29.8 Å². The molecule has 0 bridgehead atoms. The SMILES string of the molecule is COCCC1(CNC(=O)c2cc(N)cn2C)CC1. The summed E-state index contributed by atoms with van der Waals surface area (Å²) < 4.78 is 6.85. The van der Waals surface area contributed by atoms with Crippen molar-refractivity contribution in [2.75, 3.05) is 26.0 Å². The lowest BCUT2D eigenvalue weighted by molar-refractivity contribution is 0.0930. The van der Waals surface area contributed by atoms with Gasteiger partial charge < -0.3 is 20.4 Å². The molecule has 1 amide bonds. The Morgan fingerprint density at radius 3 is 2.83 bits per heavy atom. The standard InChI is InChI=1S/C13H21N3O2/c1-16-8-10(14)7-11(16)12(17)15-9-13(3-4-13)5-6-18-2/h7-8H,3-6,9,14H2,1-2H3,(H,15,17). The molecule has 0 saturated heterocycles. The smallest absolute Gasteiger partial charge is 0.267 e. The van der Waals surface area contributed by atoms with E-state index in [4.69, 9.17) is 10.5 Å². The summed E-state index contributed by atoms with van der Waals surface area (Å²) in [6, 6.07) is 1.70. The molecule has 5 heteroatoms. The molecule has 18 heavy (non-hydrogen) atoms. The lowest BCUT2D eigenvalue weighted by Crippen LogP contribution is -2.31. The summed E-state index contributed by atoms with van der Waals surface area (Å²) in [5.74, 6) is -0.0575. The van der Waals surface area contributed by atoms with Crippen molar-refractivity contribution in [3.05, 3.63) is 18.0 Å². The average Bonchev–Trinajstić information content (AvgIpc) is 3.03. The predicted molar refractivity (Wildman–Crippen MR) is 70.3 cm³/mol. The maximum absolute atomic E-state index is 12.0. The fraction of sp³-hybridized carbons (Fsp3) is 0.615. The number of aromatic nitrogens is 1. The Morgan fingerprint density at radius 1 is 1.61 bits per heavy atom. The number of nitrogen functional groups attached to an aromatic ring is 1. The molecule has 5 nitrogen and oxygen atoms in total. The number of methoxy groups -OCH3 is 1. The average molecular weight is 251 g/mol. The summed E-state index contributed by atoms with van der Waals surface area (Å²) in [4.78, 5) is 12.0. The first-order chi connectivity index (χ1) is 8.56. The molecule has 2 rings (SSSR count). The van der Waals surface area contributed by atoms with E-state index in [0.29, 0.717) is 11.4 Å². The van der Waals surface area contributed by atoms with Gasteiger partial charge in [-0.3, -0.25) is 4.79 Å². The number of carbonyl (C=O) groups is 1. The molecular formula is C13H21N3O2. The lowest BCUT2D eigenvalue weighted by atomic mass is 10.0. The van der Waals surface area contributed by atoms with Crippen LogP contribution in [0.4, 0.5) is 5.69 Å². The van der Waals surface area contributed by atoms with E-state index in [1.54, 1.807) is 23.9 Å². The number of anilines is 1. The van der Waals surface area contributed by atoms with Crippen LogP contribution in [0.25, 0.3) is 0 Å². The first-order valence-electron chi connectivity index (χ1n) is 6.25. The number of nitrogens with zero attached hydrogens (tertiary/aromatic N) is 1. The maximum atomic E-state index is 12.0. The van der Waals surface area contributed by atoms with Crippen molar-refractivity contribution in [1.29, 1.82) is 0 Å². The molecule has 0 radical (unpaired) electrons. The van der Waals surface area contributed by atoms with Gasteiger partial charge in [0, 0.05) is 33.5 Å². The minimum absolute atomic E-state index is 0.0575.